The van der Waals surface area contributed by atoms with Gasteiger partial charge in [-0.1, -0.05) is 5.16 Å². The predicted octanol–water partition coefficient (Wildman–Crippen LogP) is 2.38. The highest BCUT2D eigenvalue weighted by atomic mass is 35.5. The summed E-state index contributed by atoms with van der Waals surface area (Å²) >= 11 is 7.39. The van der Waals surface area contributed by atoms with Crippen molar-refractivity contribution >= 4 is 39.0 Å². The van der Waals surface area contributed by atoms with Crippen LogP contribution in [0.2, 0.25) is 5.28 Å². The third kappa shape index (κ3) is 2.27. The van der Waals surface area contributed by atoms with E-state index in [-0.39, 0.29) is 5.28 Å². The molecule has 0 atom stereocenters. The number of thiophene rings is 1. The van der Waals surface area contributed by atoms with E-state index >= 15 is 0 Å². The zero-order chi connectivity index (χ0) is 12.4. The molecule has 6 nitrogen and oxygen atoms in total. The van der Waals surface area contributed by atoms with Gasteiger partial charge in [-0.15, -0.1) is 11.3 Å². The molecule has 0 saturated carbocycles. The number of nitrogens with one attached hydrogen (secondary N) is 1. The Bertz CT molecular complexity index is 653. The Morgan fingerprint density at radius 3 is 3.17 bits per heavy atom. The van der Waals surface area contributed by atoms with E-state index < -0.39 is 0 Å². The molecule has 0 spiro atoms. The van der Waals surface area contributed by atoms with Crippen molar-refractivity contribution in [3.63, 3.8) is 0 Å². The molecule has 0 aromatic carbocycles. The number of hydrogen-bond donors (Lipinski definition) is 1. The minimum atomic E-state index is 0.241. The number of hydrogen-bond acceptors (Lipinski definition) is 7. The van der Waals surface area contributed by atoms with Crippen molar-refractivity contribution < 1.29 is 4.52 Å². The van der Waals surface area contributed by atoms with Crippen molar-refractivity contribution in [1.29, 1.82) is 0 Å². The summed E-state index contributed by atoms with van der Waals surface area (Å²) in [6, 6.07) is 1.96. The van der Waals surface area contributed by atoms with Crippen LogP contribution in [0.5, 0.6) is 0 Å². The lowest BCUT2D eigenvalue weighted by atomic mass is 10.3. The van der Waals surface area contributed by atoms with Gasteiger partial charge in [-0.25, -0.2) is 9.97 Å². The average molecular weight is 282 g/mol. The number of anilines is 1. The van der Waals surface area contributed by atoms with E-state index in [0.29, 0.717) is 18.9 Å². The molecule has 1 N–H and O–H groups in total. The maximum atomic E-state index is 5.86. The van der Waals surface area contributed by atoms with E-state index in [1.165, 1.54) is 17.7 Å². The van der Waals surface area contributed by atoms with Crippen molar-refractivity contribution in [2.45, 2.75) is 6.42 Å². The van der Waals surface area contributed by atoms with E-state index in [0.717, 1.165) is 16.0 Å². The summed E-state index contributed by atoms with van der Waals surface area (Å²) in [6.07, 6.45) is 2.02. The molecule has 92 valence electrons. The van der Waals surface area contributed by atoms with E-state index in [2.05, 4.69) is 25.4 Å². The van der Waals surface area contributed by atoms with Gasteiger partial charge in [0.05, 0.1) is 5.39 Å². The second-order valence-corrected chi connectivity index (χ2v) is 4.73. The molecule has 0 saturated heterocycles. The second kappa shape index (κ2) is 4.87. The SMILES string of the molecule is Clc1nc(NCCc2ncno2)c2ccsc2n1. The summed E-state index contributed by atoms with van der Waals surface area (Å²) in [6.45, 7) is 0.639. The van der Waals surface area contributed by atoms with Crippen LogP contribution in [0.3, 0.4) is 0 Å². The smallest absolute Gasteiger partial charge is 0.228 e. The highest BCUT2D eigenvalue weighted by Crippen LogP contribution is 2.26. The molecule has 0 aliphatic carbocycles. The molecule has 3 aromatic rings. The summed E-state index contributed by atoms with van der Waals surface area (Å²) < 4.78 is 4.91. The first-order valence-electron chi connectivity index (χ1n) is 5.23. The van der Waals surface area contributed by atoms with Gasteiger partial charge in [0, 0.05) is 13.0 Å². The fourth-order valence-electron chi connectivity index (χ4n) is 1.56. The second-order valence-electron chi connectivity index (χ2n) is 3.49. The van der Waals surface area contributed by atoms with Gasteiger partial charge in [0.15, 0.2) is 6.33 Å². The fraction of sp³-hybridized carbons (Fsp3) is 0.200. The first kappa shape index (κ1) is 11.4. The van der Waals surface area contributed by atoms with Gasteiger partial charge >= 0.3 is 0 Å². The normalized spacial score (nSPS) is 10.9. The molecule has 3 rings (SSSR count). The Labute approximate surface area is 111 Å². The van der Waals surface area contributed by atoms with Crippen molar-refractivity contribution in [2.75, 3.05) is 11.9 Å². The van der Waals surface area contributed by atoms with Crippen LogP contribution >= 0.6 is 22.9 Å². The molecule has 0 aliphatic heterocycles. The van der Waals surface area contributed by atoms with Gasteiger partial charge in [-0.3, -0.25) is 0 Å². The summed E-state index contributed by atoms with van der Waals surface area (Å²) in [5.41, 5.74) is 0. The van der Waals surface area contributed by atoms with Gasteiger partial charge in [-0.2, -0.15) is 4.98 Å². The van der Waals surface area contributed by atoms with Gasteiger partial charge in [0.2, 0.25) is 11.2 Å². The molecule has 0 radical (unpaired) electrons. The minimum absolute atomic E-state index is 0.241. The number of nitrogens with zero attached hydrogens (tertiary/aromatic N) is 4. The van der Waals surface area contributed by atoms with Gasteiger partial charge < -0.3 is 9.84 Å². The maximum Gasteiger partial charge on any atom is 0.228 e. The average Bonchev–Trinajstić information content (AvgIpc) is 2.98. The Morgan fingerprint density at radius 2 is 2.33 bits per heavy atom. The van der Waals surface area contributed by atoms with Crippen LogP contribution in [0.1, 0.15) is 5.89 Å². The van der Waals surface area contributed by atoms with Crippen LogP contribution in [0.25, 0.3) is 10.2 Å². The molecule has 3 aromatic heterocycles. The van der Waals surface area contributed by atoms with E-state index in [9.17, 15) is 0 Å². The molecule has 8 heteroatoms. The van der Waals surface area contributed by atoms with Crippen LogP contribution in [0, 0.1) is 0 Å². The third-order valence-electron chi connectivity index (χ3n) is 2.34. The van der Waals surface area contributed by atoms with Crippen molar-refractivity contribution in [3.05, 3.63) is 28.9 Å². The molecule has 3 heterocycles. The standard InChI is InChI=1S/C10H8ClN5OS/c11-10-15-8(6-2-4-18-9(6)16-10)12-3-1-7-13-5-14-17-7/h2,4-5H,1,3H2,(H,12,15,16). The molecular formula is C10H8ClN5OS. The zero-order valence-electron chi connectivity index (χ0n) is 9.13. The zero-order valence-corrected chi connectivity index (χ0v) is 10.7. The molecule has 0 fully saturated rings. The predicted molar refractivity (Wildman–Crippen MR) is 68.9 cm³/mol. The summed E-state index contributed by atoms with van der Waals surface area (Å²) in [5.74, 6) is 1.31. The van der Waals surface area contributed by atoms with Crippen molar-refractivity contribution in [1.82, 2.24) is 20.1 Å². The largest absolute Gasteiger partial charge is 0.369 e. The fourth-order valence-corrected chi connectivity index (χ4v) is 2.54. The summed E-state index contributed by atoms with van der Waals surface area (Å²) in [4.78, 5) is 13.1. The Kier molecular flexibility index (Phi) is 3.07. The molecule has 0 aliphatic rings. The molecule has 0 unspecified atom stereocenters. The van der Waals surface area contributed by atoms with E-state index in [4.69, 9.17) is 16.1 Å². The van der Waals surface area contributed by atoms with Crippen molar-refractivity contribution in [2.24, 2.45) is 0 Å². The van der Waals surface area contributed by atoms with E-state index in [1.807, 2.05) is 11.4 Å². The van der Waals surface area contributed by atoms with Crippen LogP contribution in [-0.4, -0.2) is 26.7 Å². The monoisotopic (exact) mass is 281 g/mol. The minimum Gasteiger partial charge on any atom is -0.369 e. The summed E-state index contributed by atoms with van der Waals surface area (Å²) in [7, 11) is 0. The third-order valence-corrected chi connectivity index (χ3v) is 3.31. The van der Waals surface area contributed by atoms with Crippen LogP contribution in [0.4, 0.5) is 5.82 Å². The Balaban J connectivity index is 1.75. The number of fused-ring (bicyclic) bond motifs is 1. The van der Waals surface area contributed by atoms with Crippen LogP contribution in [0.15, 0.2) is 22.3 Å². The topological polar surface area (TPSA) is 76.7 Å². The lowest BCUT2D eigenvalue weighted by Gasteiger charge is -2.05. The quantitative estimate of drug-likeness (QED) is 0.740. The van der Waals surface area contributed by atoms with Crippen LogP contribution in [-0.2, 0) is 6.42 Å². The molecule has 0 bridgehead atoms. The van der Waals surface area contributed by atoms with Crippen LogP contribution < -0.4 is 5.32 Å². The van der Waals surface area contributed by atoms with E-state index in [1.54, 1.807) is 0 Å². The van der Waals surface area contributed by atoms with Gasteiger partial charge in [0.1, 0.15) is 10.6 Å². The molecule has 0 amide bonds. The van der Waals surface area contributed by atoms with Gasteiger partial charge in [-0.05, 0) is 23.0 Å². The number of halogens is 1. The number of aromatic nitrogens is 4. The first-order valence-corrected chi connectivity index (χ1v) is 6.49. The van der Waals surface area contributed by atoms with Crippen molar-refractivity contribution in [3.8, 4) is 0 Å². The first-order chi connectivity index (χ1) is 8.83. The van der Waals surface area contributed by atoms with Gasteiger partial charge in [0.25, 0.3) is 0 Å². The lowest BCUT2D eigenvalue weighted by Crippen LogP contribution is -2.07. The maximum absolute atomic E-state index is 5.86. The number of rotatable bonds is 4. The molecule has 18 heavy (non-hydrogen) atoms. The summed E-state index contributed by atoms with van der Waals surface area (Å²) in [5, 5.41) is 9.91. The molecular weight excluding hydrogens is 274 g/mol. The highest BCUT2D eigenvalue weighted by molar-refractivity contribution is 7.16. The Morgan fingerprint density at radius 1 is 1.39 bits per heavy atom. The highest BCUT2D eigenvalue weighted by Gasteiger charge is 2.07. The lowest BCUT2D eigenvalue weighted by molar-refractivity contribution is 0.380. The Hall–Kier alpha value is -1.73.